The van der Waals surface area contributed by atoms with E-state index in [0.29, 0.717) is 5.75 Å². The fraction of sp³-hybridized carbons (Fsp3) is 0.900. The molecule has 0 aliphatic carbocycles. The Bertz CT molecular complexity index is 201. The van der Waals surface area contributed by atoms with Gasteiger partial charge >= 0.3 is 5.97 Å². The van der Waals surface area contributed by atoms with Crippen molar-refractivity contribution in [3.05, 3.63) is 0 Å². The molecule has 0 amide bonds. The zero-order valence-corrected chi connectivity index (χ0v) is 10.7. The van der Waals surface area contributed by atoms with Crippen LogP contribution in [0, 0.1) is 0 Å². The molecule has 0 spiro atoms. The number of rotatable bonds is 4. The highest BCUT2D eigenvalue weighted by molar-refractivity contribution is 8.00. The van der Waals surface area contributed by atoms with Crippen LogP contribution in [0.5, 0.6) is 0 Å². The Morgan fingerprint density at radius 2 is 1.86 bits per heavy atom. The molecule has 0 aromatic heterocycles. The SMILES string of the molecule is CNC(C)(CSC(C)(C)C)C(=O)OC. The van der Waals surface area contributed by atoms with Crippen LogP contribution in [0.15, 0.2) is 0 Å². The first kappa shape index (κ1) is 13.8. The molecule has 14 heavy (non-hydrogen) atoms. The quantitative estimate of drug-likeness (QED) is 0.730. The molecular weight excluding hydrogens is 198 g/mol. The van der Waals surface area contributed by atoms with E-state index in [1.165, 1.54) is 7.11 Å². The fourth-order valence-corrected chi connectivity index (χ4v) is 1.80. The van der Waals surface area contributed by atoms with Crippen molar-refractivity contribution in [2.24, 2.45) is 0 Å². The third-order valence-corrected chi connectivity index (χ3v) is 3.57. The minimum Gasteiger partial charge on any atom is -0.468 e. The highest BCUT2D eigenvalue weighted by Crippen LogP contribution is 2.27. The van der Waals surface area contributed by atoms with Gasteiger partial charge in [-0.15, -0.1) is 0 Å². The molecule has 0 bridgehead atoms. The maximum Gasteiger partial charge on any atom is 0.326 e. The van der Waals surface area contributed by atoms with E-state index < -0.39 is 5.54 Å². The van der Waals surface area contributed by atoms with Crippen LogP contribution in [0.4, 0.5) is 0 Å². The first-order chi connectivity index (χ1) is 6.25. The maximum atomic E-state index is 11.5. The van der Waals surface area contributed by atoms with Gasteiger partial charge in [0.05, 0.1) is 7.11 Å². The van der Waals surface area contributed by atoms with E-state index in [4.69, 9.17) is 4.74 Å². The number of nitrogens with one attached hydrogen (secondary N) is 1. The van der Waals surface area contributed by atoms with Crippen LogP contribution in [0.25, 0.3) is 0 Å². The summed E-state index contributed by atoms with van der Waals surface area (Å²) in [7, 11) is 3.19. The van der Waals surface area contributed by atoms with Crippen LogP contribution in [0.1, 0.15) is 27.7 Å². The van der Waals surface area contributed by atoms with E-state index in [9.17, 15) is 4.79 Å². The Kier molecular flexibility index (Phi) is 4.95. The van der Waals surface area contributed by atoms with Gasteiger partial charge in [-0.3, -0.25) is 4.79 Å². The Hall–Kier alpha value is -0.220. The standard InChI is InChI=1S/C10H21NO2S/c1-9(2,3)14-7-10(4,11-5)8(12)13-6/h11H,7H2,1-6H3. The molecule has 1 atom stereocenters. The molecule has 1 N–H and O–H groups in total. The number of esters is 1. The molecule has 0 aliphatic rings. The summed E-state index contributed by atoms with van der Waals surface area (Å²) in [6.07, 6.45) is 0. The summed E-state index contributed by atoms with van der Waals surface area (Å²) >= 11 is 1.75. The average molecular weight is 219 g/mol. The summed E-state index contributed by atoms with van der Waals surface area (Å²) in [6, 6.07) is 0. The van der Waals surface area contributed by atoms with Crippen molar-refractivity contribution in [2.75, 3.05) is 19.9 Å². The normalized spacial score (nSPS) is 16.1. The van der Waals surface area contributed by atoms with Crippen molar-refractivity contribution in [2.45, 2.75) is 38.0 Å². The summed E-state index contributed by atoms with van der Waals surface area (Å²) in [5, 5.41) is 3.01. The van der Waals surface area contributed by atoms with E-state index in [-0.39, 0.29) is 10.7 Å². The van der Waals surface area contributed by atoms with E-state index in [1.807, 2.05) is 6.92 Å². The lowest BCUT2D eigenvalue weighted by Crippen LogP contribution is -2.51. The predicted octanol–water partition coefficient (Wildman–Crippen LogP) is 1.67. The topological polar surface area (TPSA) is 38.3 Å². The second-order valence-electron chi connectivity index (χ2n) is 4.47. The maximum absolute atomic E-state index is 11.5. The summed E-state index contributed by atoms with van der Waals surface area (Å²) in [6.45, 7) is 8.25. The lowest BCUT2D eigenvalue weighted by Gasteiger charge is -2.29. The van der Waals surface area contributed by atoms with Crippen LogP contribution in [-0.2, 0) is 9.53 Å². The molecular formula is C10H21NO2S. The number of ether oxygens (including phenoxy) is 1. The van der Waals surface area contributed by atoms with Crippen LogP contribution in [0.3, 0.4) is 0 Å². The molecule has 0 radical (unpaired) electrons. The second-order valence-corrected chi connectivity index (χ2v) is 6.28. The summed E-state index contributed by atoms with van der Waals surface area (Å²) in [5.41, 5.74) is -0.591. The first-order valence-electron chi connectivity index (χ1n) is 4.66. The monoisotopic (exact) mass is 219 g/mol. The molecule has 0 heterocycles. The van der Waals surface area contributed by atoms with Gasteiger partial charge in [-0.2, -0.15) is 11.8 Å². The fourth-order valence-electron chi connectivity index (χ4n) is 0.819. The second kappa shape index (κ2) is 5.03. The van der Waals surface area contributed by atoms with Crippen molar-refractivity contribution in [3.63, 3.8) is 0 Å². The third-order valence-electron chi connectivity index (χ3n) is 1.98. The van der Waals surface area contributed by atoms with Gasteiger partial charge in [-0.1, -0.05) is 20.8 Å². The smallest absolute Gasteiger partial charge is 0.326 e. The van der Waals surface area contributed by atoms with Gasteiger partial charge in [-0.05, 0) is 14.0 Å². The minimum absolute atomic E-state index is 0.159. The van der Waals surface area contributed by atoms with E-state index >= 15 is 0 Å². The zero-order chi connectivity index (χ0) is 11.4. The molecule has 4 heteroatoms. The summed E-state index contributed by atoms with van der Waals surface area (Å²) in [5.74, 6) is 0.497. The van der Waals surface area contributed by atoms with Crippen molar-refractivity contribution >= 4 is 17.7 Å². The van der Waals surface area contributed by atoms with E-state index in [2.05, 4.69) is 26.1 Å². The van der Waals surface area contributed by atoms with Gasteiger partial charge in [0, 0.05) is 10.5 Å². The van der Waals surface area contributed by atoms with Gasteiger partial charge in [0.1, 0.15) is 5.54 Å². The van der Waals surface area contributed by atoms with E-state index in [1.54, 1.807) is 18.8 Å². The molecule has 0 saturated carbocycles. The number of methoxy groups -OCH3 is 1. The van der Waals surface area contributed by atoms with Gasteiger partial charge in [-0.25, -0.2) is 0 Å². The average Bonchev–Trinajstić information content (AvgIpc) is 2.11. The molecule has 0 fully saturated rings. The van der Waals surface area contributed by atoms with Crippen molar-refractivity contribution < 1.29 is 9.53 Å². The molecule has 0 aliphatic heterocycles. The van der Waals surface area contributed by atoms with Crippen LogP contribution in [0.2, 0.25) is 0 Å². The minimum atomic E-state index is -0.591. The van der Waals surface area contributed by atoms with E-state index in [0.717, 1.165) is 0 Å². The number of carbonyl (C=O) groups is 1. The number of carbonyl (C=O) groups excluding carboxylic acids is 1. The largest absolute Gasteiger partial charge is 0.468 e. The summed E-state index contributed by atoms with van der Waals surface area (Å²) in [4.78, 5) is 11.5. The van der Waals surface area contributed by atoms with Crippen molar-refractivity contribution in [1.82, 2.24) is 5.32 Å². The number of hydrogen-bond donors (Lipinski definition) is 1. The molecule has 0 saturated heterocycles. The van der Waals surface area contributed by atoms with Crippen molar-refractivity contribution in [3.8, 4) is 0 Å². The third kappa shape index (κ3) is 4.33. The number of thioether (sulfide) groups is 1. The predicted molar refractivity (Wildman–Crippen MR) is 61.7 cm³/mol. The zero-order valence-electron chi connectivity index (χ0n) is 9.93. The Labute approximate surface area is 91.0 Å². The molecule has 0 aromatic rings. The highest BCUT2D eigenvalue weighted by Gasteiger charge is 2.33. The van der Waals surface area contributed by atoms with Crippen LogP contribution >= 0.6 is 11.8 Å². The Balaban J connectivity index is 4.34. The molecule has 3 nitrogen and oxygen atoms in total. The molecule has 84 valence electrons. The van der Waals surface area contributed by atoms with Crippen LogP contribution < -0.4 is 5.32 Å². The van der Waals surface area contributed by atoms with Gasteiger partial charge in [0.25, 0.3) is 0 Å². The lowest BCUT2D eigenvalue weighted by molar-refractivity contribution is -0.146. The number of likely N-dealkylation sites (N-methyl/N-ethyl adjacent to an activating group) is 1. The highest BCUT2D eigenvalue weighted by atomic mass is 32.2. The lowest BCUT2D eigenvalue weighted by atomic mass is 10.1. The molecule has 0 aromatic carbocycles. The Morgan fingerprint density at radius 1 is 1.36 bits per heavy atom. The van der Waals surface area contributed by atoms with Gasteiger partial charge < -0.3 is 10.1 Å². The summed E-state index contributed by atoms with van der Waals surface area (Å²) < 4.78 is 4.92. The van der Waals surface area contributed by atoms with Crippen LogP contribution in [-0.4, -0.2) is 36.2 Å². The van der Waals surface area contributed by atoms with Crippen molar-refractivity contribution in [1.29, 1.82) is 0 Å². The molecule has 1 unspecified atom stereocenters. The van der Waals surface area contributed by atoms with Gasteiger partial charge in [0.2, 0.25) is 0 Å². The Morgan fingerprint density at radius 3 is 2.14 bits per heavy atom. The first-order valence-corrected chi connectivity index (χ1v) is 5.65. The van der Waals surface area contributed by atoms with Gasteiger partial charge in [0.15, 0.2) is 0 Å². The molecule has 0 rings (SSSR count). The number of hydrogen-bond acceptors (Lipinski definition) is 4.